The number of aryl methyl sites for hydroxylation is 3. The maximum atomic E-state index is 12.5. The maximum absolute atomic E-state index is 12.5. The molecule has 0 aromatic carbocycles. The van der Waals surface area contributed by atoms with Gasteiger partial charge in [-0.15, -0.1) is 0 Å². The van der Waals surface area contributed by atoms with E-state index >= 15 is 0 Å². The Hall–Kier alpha value is -2.15. The monoisotopic (exact) mass is 316 g/mol. The summed E-state index contributed by atoms with van der Waals surface area (Å²) in [7, 11) is 1.88. The first-order valence-electron chi connectivity index (χ1n) is 7.92. The minimum atomic E-state index is -0.165. The fourth-order valence-corrected chi connectivity index (χ4v) is 2.95. The Kier molecular flexibility index (Phi) is 3.97. The van der Waals surface area contributed by atoms with Crippen LogP contribution in [-0.4, -0.2) is 49.5 Å². The molecule has 0 bridgehead atoms. The van der Waals surface area contributed by atoms with Crippen molar-refractivity contribution in [3.8, 4) is 0 Å². The van der Waals surface area contributed by atoms with Gasteiger partial charge in [-0.2, -0.15) is 10.2 Å². The van der Waals surface area contributed by atoms with E-state index in [2.05, 4.69) is 26.6 Å². The molecule has 1 aliphatic rings. The van der Waals surface area contributed by atoms with Crippen LogP contribution in [0.4, 0.5) is 5.69 Å². The number of likely N-dealkylation sites (tertiary alicyclic amines) is 1. The highest BCUT2D eigenvalue weighted by Crippen LogP contribution is 2.25. The number of amides is 1. The molecule has 3 rings (SSSR count). The molecule has 1 amide bonds. The highest BCUT2D eigenvalue weighted by molar-refractivity contribution is 5.95. The molecule has 1 fully saturated rings. The number of anilines is 1. The topological polar surface area (TPSA) is 68.0 Å². The zero-order valence-corrected chi connectivity index (χ0v) is 14.4. The zero-order valence-electron chi connectivity index (χ0n) is 14.4. The molecular weight excluding hydrogens is 292 g/mol. The van der Waals surface area contributed by atoms with Crippen molar-refractivity contribution in [2.24, 2.45) is 7.05 Å². The van der Waals surface area contributed by atoms with Gasteiger partial charge < -0.3 is 5.32 Å². The van der Waals surface area contributed by atoms with Crippen LogP contribution in [0.5, 0.6) is 0 Å². The van der Waals surface area contributed by atoms with Crippen molar-refractivity contribution in [1.82, 2.24) is 24.5 Å². The number of nitrogens with one attached hydrogen (secondary N) is 1. The van der Waals surface area contributed by atoms with E-state index in [0.29, 0.717) is 6.04 Å². The summed E-state index contributed by atoms with van der Waals surface area (Å²) in [6.45, 7) is 9.55. The van der Waals surface area contributed by atoms with Crippen molar-refractivity contribution >= 4 is 11.6 Å². The van der Waals surface area contributed by atoms with Gasteiger partial charge in [0.25, 0.3) is 0 Å². The third-order valence-corrected chi connectivity index (χ3v) is 4.68. The SMILES string of the molecule is Cc1cnn(C2CN([C@H](C)C(=O)Nc3c(C)nn(C)c3C)C2)c1. The van der Waals surface area contributed by atoms with E-state index in [-0.39, 0.29) is 11.9 Å². The van der Waals surface area contributed by atoms with E-state index < -0.39 is 0 Å². The van der Waals surface area contributed by atoms with Crippen LogP contribution < -0.4 is 5.32 Å². The third kappa shape index (κ3) is 2.88. The van der Waals surface area contributed by atoms with Crippen LogP contribution in [0, 0.1) is 20.8 Å². The Morgan fingerprint density at radius 2 is 2.04 bits per heavy atom. The van der Waals surface area contributed by atoms with Gasteiger partial charge in [-0.05, 0) is 33.3 Å². The van der Waals surface area contributed by atoms with E-state index in [4.69, 9.17) is 0 Å². The van der Waals surface area contributed by atoms with Crippen molar-refractivity contribution in [2.75, 3.05) is 18.4 Å². The molecule has 3 heterocycles. The molecule has 124 valence electrons. The predicted molar refractivity (Wildman–Crippen MR) is 88.3 cm³/mol. The summed E-state index contributed by atoms with van der Waals surface area (Å²) in [5.74, 6) is 0.0132. The summed E-state index contributed by atoms with van der Waals surface area (Å²) in [5.41, 5.74) is 3.80. The smallest absolute Gasteiger partial charge is 0.241 e. The van der Waals surface area contributed by atoms with E-state index in [1.54, 1.807) is 4.68 Å². The lowest BCUT2D eigenvalue weighted by Crippen LogP contribution is -2.55. The summed E-state index contributed by atoms with van der Waals surface area (Å²) in [5, 5.41) is 11.7. The molecule has 0 radical (unpaired) electrons. The second kappa shape index (κ2) is 5.81. The minimum absolute atomic E-state index is 0.0132. The largest absolute Gasteiger partial charge is 0.322 e. The number of rotatable bonds is 4. The van der Waals surface area contributed by atoms with Gasteiger partial charge in [0.1, 0.15) is 0 Å². The zero-order chi connectivity index (χ0) is 16.7. The second-order valence-electron chi connectivity index (χ2n) is 6.44. The molecule has 0 spiro atoms. The van der Waals surface area contributed by atoms with Gasteiger partial charge in [0, 0.05) is 26.3 Å². The van der Waals surface area contributed by atoms with Gasteiger partial charge in [-0.3, -0.25) is 19.1 Å². The van der Waals surface area contributed by atoms with Crippen LogP contribution in [0.2, 0.25) is 0 Å². The van der Waals surface area contributed by atoms with Crippen LogP contribution in [0.3, 0.4) is 0 Å². The van der Waals surface area contributed by atoms with Crippen LogP contribution in [0.25, 0.3) is 0 Å². The van der Waals surface area contributed by atoms with E-state index in [1.165, 1.54) is 0 Å². The predicted octanol–water partition coefficient (Wildman–Crippen LogP) is 1.43. The molecule has 0 aliphatic carbocycles. The molecule has 2 aromatic rings. The lowest BCUT2D eigenvalue weighted by atomic mass is 10.1. The van der Waals surface area contributed by atoms with Crippen LogP contribution in [-0.2, 0) is 11.8 Å². The van der Waals surface area contributed by atoms with E-state index in [9.17, 15) is 4.79 Å². The molecular formula is C16H24N6O. The molecule has 1 saturated heterocycles. The third-order valence-electron chi connectivity index (χ3n) is 4.68. The number of aromatic nitrogens is 4. The highest BCUT2D eigenvalue weighted by Gasteiger charge is 2.35. The molecule has 7 nitrogen and oxygen atoms in total. The molecule has 1 aliphatic heterocycles. The summed E-state index contributed by atoms with van der Waals surface area (Å²) in [4.78, 5) is 14.7. The summed E-state index contributed by atoms with van der Waals surface area (Å²) in [6.07, 6.45) is 3.92. The lowest BCUT2D eigenvalue weighted by Gasteiger charge is -2.42. The summed E-state index contributed by atoms with van der Waals surface area (Å²) in [6, 6.07) is 0.197. The maximum Gasteiger partial charge on any atom is 0.241 e. The first-order chi connectivity index (χ1) is 10.9. The molecule has 2 aromatic heterocycles. The average Bonchev–Trinajstić information content (AvgIpc) is 2.96. The van der Waals surface area contributed by atoms with Crippen molar-refractivity contribution in [3.63, 3.8) is 0 Å². The number of carbonyl (C=O) groups is 1. The van der Waals surface area contributed by atoms with Gasteiger partial charge >= 0.3 is 0 Å². The van der Waals surface area contributed by atoms with Gasteiger partial charge in [-0.1, -0.05) is 0 Å². The molecule has 0 saturated carbocycles. The average molecular weight is 316 g/mol. The quantitative estimate of drug-likeness (QED) is 0.926. The fraction of sp³-hybridized carbons (Fsp3) is 0.562. The van der Waals surface area contributed by atoms with Crippen molar-refractivity contribution in [3.05, 3.63) is 29.3 Å². The highest BCUT2D eigenvalue weighted by atomic mass is 16.2. The standard InChI is InChI=1S/C16H24N6O/c1-10-6-17-22(7-10)14-8-21(9-14)13(4)16(23)18-15-11(2)19-20(5)12(15)3/h6-7,13-14H,8-9H2,1-5H3,(H,18,23)/t13-/m1/s1. The minimum Gasteiger partial charge on any atom is -0.322 e. The number of hydrogen-bond acceptors (Lipinski definition) is 4. The van der Waals surface area contributed by atoms with Crippen LogP contribution in [0.1, 0.15) is 29.9 Å². The van der Waals surface area contributed by atoms with E-state index in [1.807, 2.05) is 45.6 Å². The number of nitrogens with zero attached hydrogens (tertiary/aromatic N) is 5. The first-order valence-corrected chi connectivity index (χ1v) is 7.92. The molecule has 1 atom stereocenters. The summed E-state index contributed by atoms with van der Waals surface area (Å²) < 4.78 is 3.78. The summed E-state index contributed by atoms with van der Waals surface area (Å²) >= 11 is 0. The Labute approximate surface area is 136 Å². The van der Waals surface area contributed by atoms with Gasteiger partial charge in [0.05, 0.1) is 35.4 Å². The van der Waals surface area contributed by atoms with Gasteiger partial charge in [0.15, 0.2) is 0 Å². The number of hydrogen-bond donors (Lipinski definition) is 1. The molecule has 0 unspecified atom stereocenters. The molecule has 23 heavy (non-hydrogen) atoms. The first kappa shape index (κ1) is 15.7. The normalized spacial score (nSPS) is 17.1. The Morgan fingerprint density at radius 1 is 1.35 bits per heavy atom. The van der Waals surface area contributed by atoms with E-state index in [0.717, 1.165) is 35.7 Å². The Balaban J connectivity index is 1.59. The fourth-order valence-electron chi connectivity index (χ4n) is 2.95. The van der Waals surface area contributed by atoms with Crippen molar-refractivity contribution < 1.29 is 4.79 Å². The number of carbonyl (C=O) groups excluding carboxylic acids is 1. The van der Waals surface area contributed by atoms with Crippen LogP contribution in [0.15, 0.2) is 12.4 Å². The van der Waals surface area contributed by atoms with Crippen LogP contribution >= 0.6 is 0 Å². The Bertz CT molecular complexity index is 725. The van der Waals surface area contributed by atoms with Crippen molar-refractivity contribution in [1.29, 1.82) is 0 Å². The lowest BCUT2D eigenvalue weighted by molar-refractivity contribution is -0.123. The Morgan fingerprint density at radius 3 is 2.57 bits per heavy atom. The second-order valence-corrected chi connectivity index (χ2v) is 6.44. The van der Waals surface area contributed by atoms with Gasteiger partial charge in [-0.25, -0.2) is 0 Å². The van der Waals surface area contributed by atoms with Crippen molar-refractivity contribution in [2.45, 2.75) is 39.8 Å². The molecule has 1 N–H and O–H groups in total. The molecule has 7 heteroatoms. The van der Waals surface area contributed by atoms with Gasteiger partial charge in [0.2, 0.25) is 5.91 Å².